The van der Waals surface area contributed by atoms with E-state index in [9.17, 15) is 4.79 Å². The van der Waals surface area contributed by atoms with E-state index < -0.39 is 6.10 Å². The summed E-state index contributed by atoms with van der Waals surface area (Å²) in [7, 11) is 1.51. The molecule has 3 aromatic rings. The van der Waals surface area contributed by atoms with Gasteiger partial charge >= 0.3 is 0 Å². The normalized spacial score (nSPS) is 12.4. The summed E-state index contributed by atoms with van der Waals surface area (Å²) in [6.07, 6.45) is -0.693. The number of hydrogen-bond donors (Lipinski definition) is 0. The van der Waals surface area contributed by atoms with Gasteiger partial charge in [-0.2, -0.15) is 4.68 Å². The molecule has 1 unspecified atom stereocenters. The van der Waals surface area contributed by atoms with E-state index in [0.29, 0.717) is 11.0 Å². The predicted molar refractivity (Wildman–Crippen MR) is 74.3 cm³/mol. The molecule has 0 saturated heterocycles. The lowest BCUT2D eigenvalue weighted by Crippen LogP contribution is -2.22. The highest BCUT2D eigenvalue weighted by Gasteiger charge is 2.24. The highest BCUT2D eigenvalue weighted by atomic mass is 16.5. The molecular weight excluding hydrogens is 254 g/mol. The van der Waals surface area contributed by atoms with Gasteiger partial charge < -0.3 is 4.74 Å². The monoisotopic (exact) mass is 267 g/mol. The summed E-state index contributed by atoms with van der Waals surface area (Å²) in [4.78, 5) is 12.6. The Labute approximate surface area is 115 Å². The first-order valence-electron chi connectivity index (χ1n) is 6.23. The van der Waals surface area contributed by atoms with Gasteiger partial charge in [0.1, 0.15) is 5.52 Å². The first-order valence-corrected chi connectivity index (χ1v) is 6.23. The van der Waals surface area contributed by atoms with Gasteiger partial charge in [-0.25, -0.2) is 0 Å². The van der Waals surface area contributed by atoms with E-state index in [1.54, 1.807) is 0 Å². The zero-order chi connectivity index (χ0) is 13.9. The van der Waals surface area contributed by atoms with E-state index in [1.807, 2.05) is 54.6 Å². The largest absolute Gasteiger partial charge is 0.367 e. The number of ether oxygens (including phenoxy) is 1. The highest BCUT2D eigenvalue weighted by Crippen LogP contribution is 2.20. The van der Waals surface area contributed by atoms with E-state index in [0.717, 1.165) is 5.56 Å². The Hall–Kier alpha value is -2.53. The number of fused-ring (bicyclic) bond motifs is 1. The Balaban J connectivity index is 2.03. The van der Waals surface area contributed by atoms with E-state index in [-0.39, 0.29) is 5.91 Å². The van der Waals surface area contributed by atoms with Crippen molar-refractivity contribution in [3.63, 3.8) is 0 Å². The zero-order valence-electron chi connectivity index (χ0n) is 10.9. The molecule has 1 heterocycles. The third kappa shape index (κ3) is 2.08. The van der Waals surface area contributed by atoms with Gasteiger partial charge in [0.25, 0.3) is 5.91 Å². The predicted octanol–water partition coefficient (Wildman–Crippen LogP) is 2.46. The van der Waals surface area contributed by atoms with Crippen molar-refractivity contribution in [1.82, 2.24) is 15.0 Å². The van der Waals surface area contributed by atoms with Crippen LogP contribution in [0.1, 0.15) is 16.5 Å². The fourth-order valence-electron chi connectivity index (χ4n) is 2.15. The Kier molecular flexibility index (Phi) is 3.26. The van der Waals surface area contributed by atoms with E-state index >= 15 is 0 Å². The lowest BCUT2D eigenvalue weighted by molar-refractivity contribution is 0.0501. The van der Waals surface area contributed by atoms with Crippen molar-refractivity contribution < 1.29 is 9.53 Å². The molecule has 0 spiro atoms. The zero-order valence-corrected chi connectivity index (χ0v) is 10.9. The van der Waals surface area contributed by atoms with Gasteiger partial charge in [-0.3, -0.25) is 4.79 Å². The van der Waals surface area contributed by atoms with Crippen LogP contribution < -0.4 is 0 Å². The molecule has 0 fully saturated rings. The van der Waals surface area contributed by atoms with Crippen molar-refractivity contribution in [3.8, 4) is 0 Å². The molecule has 5 nitrogen and oxygen atoms in total. The summed E-state index contributed by atoms with van der Waals surface area (Å²) in [5.41, 5.74) is 2.15. The minimum Gasteiger partial charge on any atom is -0.367 e. The van der Waals surface area contributed by atoms with Crippen LogP contribution >= 0.6 is 0 Å². The standard InChI is InChI=1S/C15H13N3O2/c1-20-14(11-7-3-2-4-8-11)15(19)18-13-10-6-5-9-12(13)16-17-18/h2-10,14H,1H3. The minimum absolute atomic E-state index is 0.257. The molecule has 2 aromatic carbocycles. The molecule has 1 atom stereocenters. The number of nitrogens with zero attached hydrogens (tertiary/aromatic N) is 3. The maximum Gasteiger partial charge on any atom is 0.282 e. The Morgan fingerprint density at radius 2 is 1.80 bits per heavy atom. The summed E-state index contributed by atoms with van der Waals surface area (Å²) in [6.45, 7) is 0. The summed E-state index contributed by atoms with van der Waals surface area (Å²) in [6, 6.07) is 16.7. The first kappa shape index (κ1) is 12.5. The lowest BCUT2D eigenvalue weighted by atomic mass is 10.1. The quantitative estimate of drug-likeness (QED) is 0.731. The average molecular weight is 267 g/mol. The summed E-state index contributed by atoms with van der Waals surface area (Å²) < 4.78 is 6.62. The molecule has 5 heteroatoms. The molecular formula is C15H13N3O2. The van der Waals surface area contributed by atoms with Gasteiger partial charge in [-0.15, -0.1) is 5.10 Å². The molecule has 0 radical (unpaired) electrons. The van der Waals surface area contributed by atoms with Crippen LogP contribution in [-0.2, 0) is 4.74 Å². The van der Waals surface area contributed by atoms with Crippen LogP contribution in [0.4, 0.5) is 0 Å². The molecule has 0 aliphatic carbocycles. The second kappa shape index (κ2) is 5.22. The Bertz CT molecular complexity index is 737. The van der Waals surface area contributed by atoms with Crippen LogP contribution in [0, 0.1) is 0 Å². The van der Waals surface area contributed by atoms with Gasteiger partial charge in [0, 0.05) is 7.11 Å². The Morgan fingerprint density at radius 1 is 1.10 bits per heavy atom. The van der Waals surface area contributed by atoms with E-state index in [1.165, 1.54) is 11.8 Å². The van der Waals surface area contributed by atoms with Crippen molar-refractivity contribution in [2.24, 2.45) is 0 Å². The number of methoxy groups -OCH3 is 1. The van der Waals surface area contributed by atoms with Crippen LogP contribution in [0.15, 0.2) is 54.6 Å². The molecule has 0 N–H and O–H groups in total. The third-order valence-corrected chi connectivity index (χ3v) is 3.12. The van der Waals surface area contributed by atoms with Crippen molar-refractivity contribution in [3.05, 3.63) is 60.2 Å². The first-order chi connectivity index (χ1) is 9.81. The Morgan fingerprint density at radius 3 is 2.55 bits per heavy atom. The summed E-state index contributed by atoms with van der Waals surface area (Å²) >= 11 is 0. The highest BCUT2D eigenvalue weighted by molar-refractivity contribution is 5.91. The smallest absolute Gasteiger partial charge is 0.282 e. The van der Waals surface area contributed by atoms with Gasteiger partial charge in [-0.05, 0) is 17.7 Å². The van der Waals surface area contributed by atoms with Crippen molar-refractivity contribution in [1.29, 1.82) is 0 Å². The maximum atomic E-state index is 12.6. The molecule has 3 rings (SSSR count). The SMILES string of the molecule is COC(C(=O)n1nnc2ccccc21)c1ccccc1. The average Bonchev–Trinajstić information content (AvgIpc) is 2.93. The number of carbonyl (C=O) groups excluding carboxylic acids is 1. The number of benzene rings is 2. The van der Waals surface area contributed by atoms with Gasteiger partial charge in [0.2, 0.25) is 0 Å². The fourth-order valence-corrected chi connectivity index (χ4v) is 2.15. The number of para-hydroxylation sites is 1. The molecule has 1 aromatic heterocycles. The van der Waals surface area contributed by atoms with Crippen molar-refractivity contribution in [2.45, 2.75) is 6.10 Å². The summed E-state index contributed by atoms with van der Waals surface area (Å²) in [5.74, 6) is -0.257. The van der Waals surface area contributed by atoms with Crippen LogP contribution in [0.25, 0.3) is 11.0 Å². The van der Waals surface area contributed by atoms with Crippen molar-refractivity contribution >= 4 is 16.9 Å². The molecule has 0 saturated carbocycles. The lowest BCUT2D eigenvalue weighted by Gasteiger charge is -2.14. The van der Waals surface area contributed by atoms with Crippen LogP contribution in [0.2, 0.25) is 0 Å². The van der Waals surface area contributed by atoms with Gasteiger partial charge in [-0.1, -0.05) is 47.7 Å². The molecule has 20 heavy (non-hydrogen) atoms. The van der Waals surface area contributed by atoms with Crippen molar-refractivity contribution in [2.75, 3.05) is 7.11 Å². The number of carbonyl (C=O) groups is 1. The third-order valence-electron chi connectivity index (χ3n) is 3.12. The van der Waals surface area contributed by atoms with Gasteiger partial charge in [0.15, 0.2) is 6.10 Å². The van der Waals surface area contributed by atoms with Crippen LogP contribution in [0.5, 0.6) is 0 Å². The molecule has 0 bridgehead atoms. The second-order valence-corrected chi connectivity index (χ2v) is 4.35. The van der Waals surface area contributed by atoms with Crippen LogP contribution in [0.3, 0.4) is 0 Å². The maximum absolute atomic E-state index is 12.6. The fraction of sp³-hybridized carbons (Fsp3) is 0.133. The molecule has 0 amide bonds. The molecule has 0 aliphatic heterocycles. The summed E-state index contributed by atoms with van der Waals surface area (Å²) in [5, 5.41) is 7.91. The number of hydrogen-bond acceptors (Lipinski definition) is 4. The molecule has 100 valence electrons. The number of rotatable bonds is 3. The van der Waals surface area contributed by atoms with Crippen LogP contribution in [-0.4, -0.2) is 28.0 Å². The van der Waals surface area contributed by atoms with Gasteiger partial charge in [0.05, 0.1) is 5.52 Å². The van der Waals surface area contributed by atoms with E-state index in [4.69, 9.17) is 4.74 Å². The second-order valence-electron chi connectivity index (χ2n) is 4.35. The van der Waals surface area contributed by atoms with E-state index in [2.05, 4.69) is 10.3 Å². The number of aromatic nitrogens is 3. The molecule has 0 aliphatic rings. The minimum atomic E-state index is -0.693. The topological polar surface area (TPSA) is 57.0 Å².